The number of tetrazole rings is 1. The molecule has 0 saturated heterocycles. The Morgan fingerprint density at radius 3 is 2.71 bits per heavy atom. The van der Waals surface area contributed by atoms with E-state index in [1.54, 1.807) is 16.8 Å². The number of hydrogen-bond donors (Lipinski definition) is 0. The predicted octanol–water partition coefficient (Wildman–Crippen LogP) is 3.68. The molecule has 0 unspecified atom stereocenters. The Morgan fingerprint density at radius 2 is 1.88 bits per heavy atom. The summed E-state index contributed by atoms with van der Waals surface area (Å²) in [6, 6.07) is 16.7. The molecule has 0 atom stereocenters. The zero-order chi connectivity index (χ0) is 16.5. The predicted molar refractivity (Wildman–Crippen MR) is 93.5 cm³/mol. The quantitative estimate of drug-likeness (QED) is 0.488. The van der Waals surface area contributed by atoms with Gasteiger partial charge in [-0.2, -0.15) is 4.68 Å². The Balaban J connectivity index is 1.74. The first kappa shape index (κ1) is 15.1. The lowest BCUT2D eigenvalue weighted by Crippen LogP contribution is -2.04. The van der Waals surface area contributed by atoms with Crippen molar-refractivity contribution in [3.05, 3.63) is 69.5 Å². The van der Waals surface area contributed by atoms with E-state index in [1.807, 2.05) is 42.5 Å². The lowest BCUT2D eigenvalue weighted by Gasteiger charge is -2.04. The van der Waals surface area contributed by atoms with E-state index in [0.29, 0.717) is 15.6 Å². The standard InChI is InChI=1S/C16H9BrN4O2S/c17-11-5-7-12(8-6-11)21-16(18-19-20-21)24-14-9-10-3-1-2-4-13(10)23-15(14)22/h1-9H. The number of fused-ring (bicyclic) bond motifs is 1. The van der Waals surface area contributed by atoms with Gasteiger partial charge < -0.3 is 4.42 Å². The molecule has 2 heterocycles. The summed E-state index contributed by atoms with van der Waals surface area (Å²) >= 11 is 4.56. The average Bonchev–Trinajstić information content (AvgIpc) is 3.04. The van der Waals surface area contributed by atoms with Crippen molar-refractivity contribution < 1.29 is 4.42 Å². The van der Waals surface area contributed by atoms with Crippen LogP contribution in [0.5, 0.6) is 0 Å². The summed E-state index contributed by atoms with van der Waals surface area (Å²) < 4.78 is 7.88. The lowest BCUT2D eigenvalue weighted by atomic mass is 10.2. The van der Waals surface area contributed by atoms with Crippen LogP contribution in [0.2, 0.25) is 0 Å². The molecule has 4 aromatic rings. The van der Waals surface area contributed by atoms with Crippen LogP contribution in [-0.2, 0) is 0 Å². The molecule has 8 heteroatoms. The van der Waals surface area contributed by atoms with Crippen molar-refractivity contribution in [2.45, 2.75) is 10.1 Å². The summed E-state index contributed by atoms with van der Waals surface area (Å²) in [5, 5.41) is 13.0. The number of rotatable bonds is 3. The third-order valence-electron chi connectivity index (χ3n) is 3.32. The van der Waals surface area contributed by atoms with Crippen LogP contribution in [0.4, 0.5) is 0 Å². The van der Waals surface area contributed by atoms with E-state index in [1.165, 1.54) is 11.8 Å². The summed E-state index contributed by atoms with van der Waals surface area (Å²) in [6.07, 6.45) is 0. The van der Waals surface area contributed by atoms with Crippen molar-refractivity contribution in [1.29, 1.82) is 0 Å². The highest BCUT2D eigenvalue weighted by atomic mass is 79.9. The van der Waals surface area contributed by atoms with Gasteiger partial charge in [-0.25, -0.2) is 4.79 Å². The maximum Gasteiger partial charge on any atom is 0.350 e. The summed E-state index contributed by atoms with van der Waals surface area (Å²) in [6.45, 7) is 0. The van der Waals surface area contributed by atoms with E-state index in [9.17, 15) is 4.79 Å². The van der Waals surface area contributed by atoms with Gasteiger partial charge in [-0.15, -0.1) is 5.10 Å². The van der Waals surface area contributed by atoms with E-state index < -0.39 is 5.63 Å². The molecule has 24 heavy (non-hydrogen) atoms. The minimum Gasteiger partial charge on any atom is -0.422 e. The first-order valence-electron chi connectivity index (χ1n) is 6.96. The molecular weight excluding hydrogens is 392 g/mol. The van der Waals surface area contributed by atoms with E-state index >= 15 is 0 Å². The Labute approximate surface area is 148 Å². The molecule has 0 fully saturated rings. The van der Waals surface area contributed by atoms with Crippen LogP contribution in [0.1, 0.15) is 0 Å². The van der Waals surface area contributed by atoms with Gasteiger partial charge in [0.25, 0.3) is 0 Å². The summed E-state index contributed by atoms with van der Waals surface area (Å²) in [7, 11) is 0. The van der Waals surface area contributed by atoms with Crippen LogP contribution in [0.25, 0.3) is 16.7 Å². The average molecular weight is 401 g/mol. The van der Waals surface area contributed by atoms with E-state index in [0.717, 1.165) is 15.5 Å². The topological polar surface area (TPSA) is 73.8 Å². The van der Waals surface area contributed by atoms with Crippen LogP contribution in [0.15, 0.2) is 78.3 Å². The smallest absolute Gasteiger partial charge is 0.350 e. The molecule has 0 aliphatic carbocycles. The van der Waals surface area contributed by atoms with Crippen LogP contribution < -0.4 is 5.63 Å². The molecule has 0 spiro atoms. The highest BCUT2D eigenvalue weighted by Crippen LogP contribution is 2.27. The second-order valence-electron chi connectivity index (χ2n) is 4.89. The maximum atomic E-state index is 12.2. The first-order valence-corrected chi connectivity index (χ1v) is 8.57. The highest BCUT2D eigenvalue weighted by Gasteiger charge is 2.14. The van der Waals surface area contributed by atoms with Crippen molar-refractivity contribution >= 4 is 38.7 Å². The van der Waals surface area contributed by atoms with Crippen LogP contribution in [-0.4, -0.2) is 20.2 Å². The molecule has 6 nitrogen and oxygen atoms in total. The van der Waals surface area contributed by atoms with Gasteiger partial charge in [0.15, 0.2) is 0 Å². The van der Waals surface area contributed by atoms with Gasteiger partial charge in [0.1, 0.15) is 10.5 Å². The van der Waals surface area contributed by atoms with Gasteiger partial charge in [-0.3, -0.25) is 0 Å². The number of para-hydroxylation sites is 1. The molecule has 0 bridgehead atoms. The largest absolute Gasteiger partial charge is 0.422 e. The molecule has 0 saturated carbocycles. The molecule has 2 aromatic heterocycles. The van der Waals surface area contributed by atoms with Gasteiger partial charge in [-0.05, 0) is 58.6 Å². The minimum absolute atomic E-state index is 0.413. The molecule has 0 radical (unpaired) electrons. The third kappa shape index (κ3) is 2.85. The number of halogens is 1. The zero-order valence-corrected chi connectivity index (χ0v) is 14.5. The third-order valence-corrected chi connectivity index (χ3v) is 4.79. The van der Waals surface area contributed by atoms with Crippen molar-refractivity contribution in [2.75, 3.05) is 0 Å². The molecule has 2 aromatic carbocycles. The monoisotopic (exact) mass is 400 g/mol. The Bertz CT molecular complexity index is 1080. The zero-order valence-electron chi connectivity index (χ0n) is 12.1. The maximum absolute atomic E-state index is 12.2. The van der Waals surface area contributed by atoms with Crippen LogP contribution in [0.3, 0.4) is 0 Å². The number of aromatic nitrogens is 4. The fraction of sp³-hybridized carbons (Fsp3) is 0. The lowest BCUT2D eigenvalue weighted by molar-refractivity contribution is 0.543. The van der Waals surface area contributed by atoms with Gasteiger partial charge in [0.05, 0.1) is 5.69 Å². The van der Waals surface area contributed by atoms with E-state index in [2.05, 4.69) is 31.5 Å². The summed E-state index contributed by atoms with van der Waals surface area (Å²) in [4.78, 5) is 12.6. The van der Waals surface area contributed by atoms with Gasteiger partial charge in [-0.1, -0.05) is 34.1 Å². The van der Waals surface area contributed by atoms with Crippen molar-refractivity contribution in [3.63, 3.8) is 0 Å². The number of nitrogens with zero attached hydrogens (tertiary/aromatic N) is 4. The summed E-state index contributed by atoms with van der Waals surface area (Å²) in [5.74, 6) is 0. The molecule has 0 N–H and O–H groups in total. The molecule has 0 aliphatic heterocycles. The Kier molecular flexibility index (Phi) is 3.91. The normalized spacial score (nSPS) is 11.0. The molecule has 118 valence electrons. The first-order chi connectivity index (χ1) is 11.7. The van der Waals surface area contributed by atoms with E-state index in [-0.39, 0.29) is 0 Å². The van der Waals surface area contributed by atoms with Crippen molar-refractivity contribution in [3.8, 4) is 5.69 Å². The summed E-state index contributed by atoms with van der Waals surface area (Å²) in [5.41, 5.74) is 0.944. The molecular formula is C16H9BrN4O2S. The van der Waals surface area contributed by atoms with Crippen molar-refractivity contribution in [1.82, 2.24) is 20.2 Å². The number of benzene rings is 2. The second-order valence-corrected chi connectivity index (χ2v) is 6.81. The second kappa shape index (κ2) is 6.21. The fourth-order valence-electron chi connectivity index (χ4n) is 2.20. The Morgan fingerprint density at radius 1 is 1.08 bits per heavy atom. The van der Waals surface area contributed by atoms with Gasteiger partial charge in [0, 0.05) is 9.86 Å². The van der Waals surface area contributed by atoms with Gasteiger partial charge in [0.2, 0.25) is 5.16 Å². The van der Waals surface area contributed by atoms with Crippen molar-refractivity contribution in [2.24, 2.45) is 0 Å². The van der Waals surface area contributed by atoms with E-state index in [4.69, 9.17) is 4.42 Å². The molecule has 0 amide bonds. The minimum atomic E-state index is -0.413. The fourth-order valence-corrected chi connectivity index (χ4v) is 3.28. The molecule has 4 rings (SSSR count). The molecule has 0 aliphatic rings. The van der Waals surface area contributed by atoms with Crippen LogP contribution in [0, 0.1) is 0 Å². The van der Waals surface area contributed by atoms with Crippen LogP contribution >= 0.6 is 27.7 Å². The van der Waals surface area contributed by atoms with Gasteiger partial charge >= 0.3 is 5.63 Å². The number of hydrogen-bond acceptors (Lipinski definition) is 6. The Hall–Kier alpha value is -2.45. The highest BCUT2D eigenvalue weighted by molar-refractivity contribution is 9.10. The SMILES string of the molecule is O=c1oc2ccccc2cc1Sc1nnnn1-c1ccc(Br)cc1.